The van der Waals surface area contributed by atoms with Gasteiger partial charge < -0.3 is 15.0 Å². The number of amides is 2. The van der Waals surface area contributed by atoms with Crippen LogP contribution in [0.1, 0.15) is 49.1 Å². The zero-order valence-corrected chi connectivity index (χ0v) is 19.0. The van der Waals surface area contributed by atoms with Gasteiger partial charge in [-0.3, -0.25) is 9.59 Å². The summed E-state index contributed by atoms with van der Waals surface area (Å²) in [6.45, 7) is 1.38. The Morgan fingerprint density at radius 3 is 2.84 bits per heavy atom. The van der Waals surface area contributed by atoms with E-state index in [0.29, 0.717) is 45.2 Å². The predicted octanol–water partition coefficient (Wildman–Crippen LogP) is 4.48. The quantitative estimate of drug-likeness (QED) is 0.665. The van der Waals surface area contributed by atoms with Crippen LogP contribution in [0.5, 0.6) is 5.75 Å². The number of ether oxygens (including phenoxy) is 1. The molecule has 2 aromatic rings. The highest BCUT2D eigenvalue weighted by atomic mass is 35.5. The Labute approximate surface area is 192 Å². The lowest BCUT2D eigenvalue weighted by Gasteiger charge is -2.30. The molecule has 2 heterocycles. The van der Waals surface area contributed by atoms with Crippen molar-refractivity contribution in [2.75, 3.05) is 20.2 Å². The van der Waals surface area contributed by atoms with Crippen LogP contribution in [-0.2, 0) is 16.0 Å². The maximum absolute atomic E-state index is 13.8. The second-order valence-electron chi connectivity index (χ2n) is 8.82. The first-order valence-electron chi connectivity index (χ1n) is 11.0. The highest BCUT2D eigenvalue weighted by Crippen LogP contribution is 2.34. The number of carbonyl (C=O) groups is 2. The van der Waals surface area contributed by atoms with Crippen molar-refractivity contribution in [1.29, 1.82) is 0 Å². The van der Waals surface area contributed by atoms with Gasteiger partial charge in [-0.05, 0) is 55.0 Å². The average molecular weight is 459 g/mol. The Balaban J connectivity index is 1.40. The van der Waals surface area contributed by atoms with Gasteiger partial charge in [0.25, 0.3) is 0 Å². The molecule has 0 saturated carbocycles. The number of carbonyl (C=O) groups excluding carboxylic acids is 2. The highest BCUT2D eigenvalue weighted by Gasteiger charge is 2.39. The summed E-state index contributed by atoms with van der Waals surface area (Å²) in [5, 5.41) is 3.84. The summed E-state index contributed by atoms with van der Waals surface area (Å²) in [4.78, 5) is 27.0. The molecule has 1 N–H and O–H groups in total. The van der Waals surface area contributed by atoms with E-state index in [0.717, 1.165) is 22.6 Å². The zero-order valence-electron chi connectivity index (χ0n) is 18.2. The standard InChI is InChI=1S/C25H28ClFN2O3/c1-32-22-14-17(6-7-21(22)27)15-25(11-8-23(30)28-25)12-9-24(31)29-13-10-18(16-29)19-4-2-3-5-20(19)26/h2-7,14,18H,8-13,15-16H2,1H3,(H,28,30)/t18-,25+/m0/s1. The van der Waals surface area contributed by atoms with Crippen molar-refractivity contribution >= 4 is 23.4 Å². The van der Waals surface area contributed by atoms with Crippen LogP contribution in [0.2, 0.25) is 5.02 Å². The van der Waals surface area contributed by atoms with Crippen LogP contribution in [0.3, 0.4) is 0 Å². The maximum atomic E-state index is 13.8. The summed E-state index contributed by atoms with van der Waals surface area (Å²) in [7, 11) is 1.43. The number of halogens is 2. The van der Waals surface area contributed by atoms with E-state index in [9.17, 15) is 14.0 Å². The topological polar surface area (TPSA) is 58.6 Å². The largest absolute Gasteiger partial charge is 0.494 e. The molecule has 2 aliphatic heterocycles. The summed E-state index contributed by atoms with van der Waals surface area (Å²) in [6.07, 6.45) is 3.42. The van der Waals surface area contributed by atoms with Crippen LogP contribution >= 0.6 is 11.6 Å². The van der Waals surface area contributed by atoms with Crippen LogP contribution < -0.4 is 10.1 Å². The highest BCUT2D eigenvalue weighted by molar-refractivity contribution is 6.31. The van der Waals surface area contributed by atoms with Gasteiger partial charge in [0.1, 0.15) is 0 Å². The van der Waals surface area contributed by atoms with Gasteiger partial charge >= 0.3 is 0 Å². The zero-order chi connectivity index (χ0) is 22.7. The number of likely N-dealkylation sites (tertiary alicyclic amines) is 1. The molecule has 0 bridgehead atoms. The van der Waals surface area contributed by atoms with E-state index >= 15 is 0 Å². The molecule has 7 heteroatoms. The van der Waals surface area contributed by atoms with E-state index in [1.807, 2.05) is 29.2 Å². The van der Waals surface area contributed by atoms with Gasteiger partial charge in [-0.2, -0.15) is 0 Å². The first-order valence-corrected chi connectivity index (χ1v) is 11.4. The molecule has 2 aromatic carbocycles. The molecule has 32 heavy (non-hydrogen) atoms. The van der Waals surface area contributed by atoms with Gasteiger partial charge in [-0.25, -0.2) is 4.39 Å². The Morgan fingerprint density at radius 1 is 1.31 bits per heavy atom. The van der Waals surface area contributed by atoms with Crippen molar-refractivity contribution in [2.24, 2.45) is 0 Å². The van der Waals surface area contributed by atoms with Crippen molar-refractivity contribution in [1.82, 2.24) is 10.2 Å². The summed E-state index contributed by atoms with van der Waals surface area (Å²) < 4.78 is 18.9. The molecular weight excluding hydrogens is 431 g/mol. The van der Waals surface area contributed by atoms with Crippen LogP contribution in [0.25, 0.3) is 0 Å². The van der Waals surface area contributed by atoms with Gasteiger partial charge in [0.05, 0.1) is 7.11 Å². The first-order chi connectivity index (χ1) is 15.4. The molecule has 0 unspecified atom stereocenters. The molecule has 0 spiro atoms. The third-order valence-corrected chi connectivity index (χ3v) is 7.04. The van der Waals surface area contributed by atoms with Crippen molar-refractivity contribution < 1.29 is 18.7 Å². The number of hydrogen-bond acceptors (Lipinski definition) is 3. The van der Waals surface area contributed by atoms with Crippen molar-refractivity contribution in [3.8, 4) is 5.75 Å². The number of methoxy groups -OCH3 is 1. The van der Waals surface area contributed by atoms with Crippen molar-refractivity contribution in [3.63, 3.8) is 0 Å². The van der Waals surface area contributed by atoms with E-state index in [4.69, 9.17) is 16.3 Å². The first kappa shape index (κ1) is 22.6. The molecule has 2 fully saturated rings. The van der Waals surface area contributed by atoms with Crippen LogP contribution in [0.4, 0.5) is 4.39 Å². The minimum Gasteiger partial charge on any atom is -0.494 e. The summed E-state index contributed by atoms with van der Waals surface area (Å²) in [5.74, 6) is 0.0986. The fourth-order valence-corrected chi connectivity index (χ4v) is 5.23. The molecule has 2 amide bonds. The van der Waals surface area contributed by atoms with Crippen molar-refractivity contribution in [3.05, 3.63) is 64.4 Å². The number of nitrogens with zero attached hydrogens (tertiary/aromatic N) is 1. The molecule has 5 nitrogen and oxygen atoms in total. The molecule has 0 aliphatic carbocycles. The summed E-state index contributed by atoms with van der Waals surface area (Å²) in [6, 6.07) is 12.6. The van der Waals surface area contributed by atoms with Gasteiger partial charge in [-0.1, -0.05) is 35.9 Å². The lowest BCUT2D eigenvalue weighted by Crippen LogP contribution is -2.44. The maximum Gasteiger partial charge on any atom is 0.222 e. The minimum absolute atomic E-state index is 0.00789. The van der Waals surface area contributed by atoms with E-state index in [1.54, 1.807) is 12.1 Å². The predicted molar refractivity (Wildman–Crippen MR) is 121 cm³/mol. The minimum atomic E-state index is -0.503. The van der Waals surface area contributed by atoms with Gasteiger partial charge in [-0.15, -0.1) is 0 Å². The van der Waals surface area contributed by atoms with Crippen molar-refractivity contribution in [2.45, 2.75) is 50.0 Å². The smallest absolute Gasteiger partial charge is 0.222 e. The lowest BCUT2D eigenvalue weighted by molar-refractivity contribution is -0.131. The number of rotatable bonds is 7. The Bertz CT molecular complexity index is 1010. The number of hydrogen-bond donors (Lipinski definition) is 1. The fourth-order valence-electron chi connectivity index (χ4n) is 4.94. The molecule has 0 aromatic heterocycles. The van der Waals surface area contributed by atoms with Crippen LogP contribution in [0, 0.1) is 5.82 Å². The monoisotopic (exact) mass is 458 g/mol. The Morgan fingerprint density at radius 2 is 2.12 bits per heavy atom. The van der Waals surface area contributed by atoms with E-state index in [1.165, 1.54) is 13.2 Å². The lowest BCUT2D eigenvalue weighted by atomic mass is 9.84. The summed E-state index contributed by atoms with van der Waals surface area (Å²) >= 11 is 6.34. The fraction of sp³-hybridized carbons (Fsp3) is 0.440. The molecule has 4 rings (SSSR count). The van der Waals surface area contributed by atoms with Crippen LogP contribution in [-0.4, -0.2) is 42.5 Å². The SMILES string of the molecule is COc1cc(C[C@]2(CCC(=O)N3CC[C@H](c4ccccc4Cl)C3)CCC(=O)N2)ccc1F. The average Bonchev–Trinajstić information content (AvgIpc) is 3.41. The molecule has 170 valence electrons. The Hall–Kier alpha value is -2.60. The number of benzene rings is 2. The summed E-state index contributed by atoms with van der Waals surface area (Å²) in [5.41, 5.74) is 1.46. The van der Waals surface area contributed by atoms with Gasteiger partial charge in [0, 0.05) is 42.4 Å². The molecule has 2 saturated heterocycles. The molecule has 0 radical (unpaired) electrons. The van der Waals surface area contributed by atoms with Gasteiger partial charge in [0.2, 0.25) is 11.8 Å². The second kappa shape index (κ2) is 9.49. The third-order valence-electron chi connectivity index (χ3n) is 6.70. The van der Waals surface area contributed by atoms with Gasteiger partial charge in [0.15, 0.2) is 11.6 Å². The Kier molecular flexibility index (Phi) is 6.70. The van der Waals surface area contributed by atoms with E-state index < -0.39 is 11.4 Å². The number of nitrogens with one attached hydrogen (secondary N) is 1. The normalized spacial score (nSPS) is 22.8. The van der Waals surface area contributed by atoms with E-state index in [-0.39, 0.29) is 23.5 Å². The second-order valence-corrected chi connectivity index (χ2v) is 9.23. The molecular formula is C25H28ClFN2O3. The van der Waals surface area contributed by atoms with E-state index in [2.05, 4.69) is 5.32 Å². The third kappa shape index (κ3) is 4.90. The molecule has 2 aliphatic rings. The van der Waals surface area contributed by atoms with Crippen LogP contribution in [0.15, 0.2) is 42.5 Å². The molecule has 2 atom stereocenters.